The molecular formula is C23H33IN6O5. The van der Waals surface area contributed by atoms with Crippen LogP contribution in [0.4, 0.5) is 10.7 Å². The van der Waals surface area contributed by atoms with E-state index < -0.39 is 11.7 Å². The number of hydrogen-bond donors (Lipinski definition) is 2. The van der Waals surface area contributed by atoms with E-state index in [1.165, 1.54) is 0 Å². The summed E-state index contributed by atoms with van der Waals surface area (Å²) in [6.45, 7) is 8.68. The number of fused-ring (bicyclic) bond motifs is 1. The van der Waals surface area contributed by atoms with Gasteiger partial charge >= 0.3 is 6.09 Å². The fraction of sp³-hybridized carbons (Fsp3) is 0.739. The van der Waals surface area contributed by atoms with E-state index in [0.717, 1.165) is 32.1 Å². The smallest absolute Gasteiger partial charge is 0.407 e. The molecule has 1 unspecified atom stereocenters. The van der Waals surface area contributed by atoms with Crippen LogP contribution < -0.4 is 15.8 Å². The number of H-pyrrole nitrogens is 1. The van der Waals surface area contributed by atoms with Crippen molar-refractivity contribution in [2.24, 2.45) is 5.41 Å². The second-order valence-electron chi connectivity index (χ2n) is 10.7. The zero-order valence-electron chi connectivity index (χ0n) is 20.4. The molecule has 0 saturated carbocycles. The van der Waals surface area contributed by atoms with Gasteiger partial charge in [0.15, 0.2) is 11.9 Å². The number of carbonyl (C=O) groups is 1. The second kappa shape index (κ2) is 9.51. The lowest BCUT2D eigenvalue weighted by Gasteiger charge is -2.42. The number of halogens is 1. The van der Waals surface area contributed by atoms with Crippen LogP contribution in [0.5, 0.6) is 0 Å². The molecule has 3 fully saturated rings. The van der Waals surface area contributed by atoms with Crippen LogP contribution in [0.25, 0.3) is 11.0 Å². The third-order valence-electron chi connectivity index (χ3n) is 7.10. The van der Waals surface area contributed by atoms with Crippen molar-refractivity contribution in [1.82, 2.24) is 25.1 Å². The molecule has 5 heterocycles. The minimum absolute atomic E-state index is 0.111. The Morgan fingerprint density at radius 1 is 1.29 bits per heavy atom. The summed E-state index contributed by atoms with van der Waals surface area (Å²) < 4.78 is 19.6. The Kier molecular flexibility index (Phi) is 6.72. The summed E-state index contributed by atoms with van der Waals surface area (Å²) in [5.41, 5.74) is -0.340. The number of aromatic amines is 1. The lowest BCUT2D eigenvalue weighted by Crippen LogP contribution is -2.53. The summed E-state index contributed by atoms with van der Waals surface area (Å²) in [6.07, 6.45) is 3.95. The normalized spacial score (nSPS) is 24.7. The summed E-state index contributed by atoms with van der Waals surface area (Å²) in [4.78, 5) is 35.3. The van der Waals surface area contributed by atoms with E-state index in [-0.39, 0.29) is 23.2 Å². The van der Waals surface area contributed by atoms with Crippen molar-refractivity contribution < 1.29 is 19.0 Å². The van der Waals surface area contributed by atoms with Crippen molar-refractivity contribution in [3.63, 3.8) is 0 Å². The van der Waals surface area contributed by atoms with E-state index in [4.69, 9.17) is 19.2 Å². The molecule has 192 valence electrons. The largest absolute Gasteiger partial charge is 0.444 e. The molecule has 3 saturated heterocycles. The first-order valence-corrected chi connectivity index (χ1v) is 13.3. The van der Waals surface area contributed by atoms with Gasteiger partial charge in [-0.15, -0.1) is 0 Å². The zero-order chi connectivity index (χ0) is 24.8. The molecule has 0 bridgehead atoms. The van der Waals surface area contributed by atoms with Gasteiger partial charge in [-0.1, -0.05) is 0 Å². The quantitative estimate of drug-likeness (QED) is 0.516. The molecule has 0 aliphatic carbocycles. The molecule has 35 heavy (non-hydrogen) atoms. The van der Waals surface area contributed by atoms with Crippen LogP contribution in [-0.4, -0.2) is 70.4 Å². The number of aromatic nitrogens is 4. The van der Waals surface area contributed by atoms with Gasteiger partial charge in [-0.05, 0) is 75.5 Å². The first kappa shape index (κ1) is 24.8. The van der Waals surface area contributed by atoms with E-state index in [1.54, 1.807) is 4.68 Å². The number of alkyl carbamates (subject to hydrolysis) is 1. The highest BCUT2D eigenvalue weighted by atomic mass is 127. The molecule has 3 aliphatic heterocycles. The van der Waals surface area contributed by atoms with Crippen LogP contribution in [0.2, 0.25) is 0 Å². The van der Waals surface area contributed by atoms with Crippen molar-refractivity contribution in [2.75, 3.05) is 37.8 Å². The van der Waals surface area contributed by atoms with E-state index >= 15 is 0 Å². The number of amides is 1. The number of nitrogens with zero attached hydrogens (tertiary/aromatic N) is 4. The molecule has 2 N–H and O–H groups in total. The fourth-order valence-electron chi connectivity index (χ4n) is 5.22. The number of hydrogen-bond acceptors (Lipinski definition) is 8. The van der Waals surface area contributed by atoms with Gasteiger partial charge in [0.05, 0.1) is 19.3 Å². The molecule has 2 aromatic heterocycles. The van der Waals surface area contributed by atoms with Gasteiger partial charge in [0.1, 0.15) is 14.7 Å². The van der Waals surface area contributed by atoms with E-state index in [0.29, 0.717) is 53.6 Å². The predicted molar refractivity (Wildman–Crippen MR) is 138 cm³/mol. The summed E-state index contributed by atoms with van der Waals surface area (Å²) >= 11 is 2.09. The van der Waals surface area contributed by atoms with E-state index in [1.807, 2.05) is 20.8 Å². The molecule has 1 spiro atoms. The Hall–Kier alpha value is -1.93. The summed E-state index contributed by atoms with van der Waals surface area (Å²) in [5.74, 6) is 0.543. The van der Waals surface area contributed by atoms with E-state index in [9.17, 15) is 9.59 Å². The molecule has 2 aromatic rings. The number of piperidine rings is 1. The summed E-state index contributed by atoms with van der Waals surface area (Å²) in [5, 5.41) is 8.12. The van der Waals surface area contributed by atoms with Crippen molar-refractivity contribution >= 4 is 45.7 Å². The molecule has 2 atom stereocenters. The highest BCUT2D eigenvalue weighted by Crippen LogP contribution is 2.40. The Balaban J connectivity index is 1.33. The van der Waals surface area contributed by atoms with Gasteiger partial charge in [0.2, 0.25) is 5.95 Å². The first-order chi connectivity index (χ1) is 16.7. The van der Waals surface area contributed by atoms with Crippen LogP contribution in [-0.2, 0) is 14.2 Å². The third kappa shape index (κ3) is 5.01. The van der Waals surface area contributed by atoms with Gasteiger partial charge in [-0.2, -0.15) is 10.1 Å². The van der Waals surface area contributed by atoms with Crippen LogP contribution in [0.1, 0.15) is 59.1 Å². The van der Waals surface area contributed by atoms with Gasteiger partial charge in [-0.3, -0.25) is 9.78 Å². The maximum atomic E-state index is 13.0. The highest BCUT2D eigenvalue weighted by molar-refractivity contribution is 14.1. The average Bonchev–Trinajstić information content (AvgIpc) is 3.34. The average molecular weight is 600 g/mol. The Labute approximate surface area is 217 Å². The predicted octanol–water partition coefficient (Wildman–Crippen LogP) is 2.93. The molecule has 0 radical (unpaired) electrons. The van der Waals surface area contributed by atoms with Crippen LogP contribution in [0.15, 0.2) is 4.79 Å². The van der Waals surface area contributed by atoms with Crippen molar-refractivity contribution in [1.29, 1.82) is 0 Å². The Morgan fingerprint density at radius 2 is 2.06 bits per heavy atom. The topological polar surface area (TPSA) is 124 Å². The number of carbonyl (C=O) groups excluding carboxylic acids is 1. The molecular weight excluding hydrogens is 567 g/mol. The van der Waals surface area contributed by atoms with Crippen molar-refractivity contribution in [2.45, 2.75) is 70.7 Å². The highest BCUT2D eigenvalue weighted by Gasteiger charge is 2.47. The maximum absolute atomic E-state index is 13.0. The number of ether oxygens (including phenoxy) is 3. The molecule has 1 amide bonds. The van der Waals surface area contributed by atoms with E-state index in [2.05, 4.69) is 42.9 Å². The summed E-state index contributed by atoms with van der Waals surface area (Å²) in [6, 6.07) is -0.111. The maximum Gasteiger partial charge on any atom is 0.407 e. The minimum atomic E-state index is -0.552. The Bertz CT molecular complexity index is 1140. The third-order valence-corrected chi connectivity index (χ3v) is 7.85. The van der Waals surface area contributed by atoms with Gasteiger partial charge < -0.3 is 24.4 Å². The van der Waals surface area contributed by atoms with Crippen molar-refractivity contribution in [3.8, 4) is 0 Å². The van der Waals surface area contributed by atoms with Gasteiger partial charge in [0, 0.05) is 25.1 Å². The van der Waals surface area contributed by atoms with Gasteiger partial charge in [-0.25, -0.2) is 9.48 Å². The van der Waals surface area contributed by atoms with Crippen molar-refractivity contribution in [3.05, 3.63) is 14.1 Å². The number of rotatable bonds is 3. The zero-order valence-corrected chi connectivity index (χ0v) is 22.6. The van der Waals surface area contributed by atoms with Crippen LogP contribution in [0.3, 0.4) is 0 Å². The number of anilines is 1. The Morgan fingerprint density at radius 3 is 2.74 bits per heavy atom. The van der Waals surface area contributed by atoms with Gasteiger partial charge in [0.25, 0.3) is 5.56 Å². The van der Waals surface area contributed by atoms with Crippen LogP contribution in [0, 0.1) is 9.12 Å². The molecule has 0 aromatic carbocycles. The lowest BCUT2D eigenvalue weighted by atomic mass is 9.74. The molecule has 12 heteroatoms. The second-order valence-corrected chi connectivity index (χ2v) is 11.7. The summed E-state index contributed by atoms with van der Waals surface area (Å²) in [7, 11) is 0. The lowest BCUT2D eigenvalue weighted by molar-refractivity contribution is -0.0372. The number of nitrogens with one attached hydrogen (secondary N) is 2. The molecule has 3 aliphatic rings. The first-order valence-electron chi connectivity index (χ1n) is 12.3. The standard InChI is InChI=1S/C23H33IN6O5/c1-22(2,3)35-21(32)25-14-12-33-13-23(14)7-9-29(10-8-23)20-26-18-16(19(31)27-20)17(24)28-30(18)15-6-4-5-11-34-15/h14-15H,4-13H2,1-3H3,(H,25,32)(H,26,27,31)/t14-,15?/m1/s1. The fourth-order valence-corrected chi connectivity index (χ4v) is 5.94. The molecule has 5 rings (SSSR count). The monoisotopic (exact) mass is 600 g/mol. The minimum Gasteiger partial charge on any atom is -0.444 e. The SMILES string of the molecule is CC(C)(C)OC(=O)N[C@@H]1COCC12CCN(c1nc3c(c(I)nn3C3CCCCO3)c(=O)[nH]1)CC2. The molecule has 11 nitrogen and oxygen atoms in total. The van der Waals surface area contributed by atoms with Crippen LogP contribution >= 0.6 is 22.6 Å².